The zero-order valence-electron chi connectivity index (χ0n) is 12.4. The first-order valence-electron chi connectivity index (χ1n) is 7.41. The Morgan fingerprint density at radius 3 is 2.00 bits per heavy atom. The topological polar surface area (TPSA) is 29.1 Å². The molecule has 23 heavy (non-hydrogen) atoms. The highest BCUT2D eigenvalue weighted by atomic mass is 35.5. The van der Waals surface area contributed by atoms with Crippen LogP contribution in [0.3, 0.4) is 0 Å². The molecule has 1 unspecified atom stereocenters. The fourth-order valence-corrected chi connectivity index (χ4v) is 2.69. The summed E-state index contributed by atoms with van der Waals surface area (Å²) in [4.78, 5) is 13.0. The largest absolute Gasteiger partial charge is 0.371 e. The normalized spacial score (nSPS) is 11.7. The van der Waals surface area contributed by atoms with Crippen molar-refractivity contribution in [3.05, 3.63) is 101 Å². The molecule has 0 aliphatic heterocycles. The van der Waals surface area contributed by atoms with E-state index in [0.29, 0.717) is 10.6 Å². The SMILES string of the molecule is O=C(c1ccccc1Cl)C(Nc1ccccc1)c1ccccc1. The van der Waals surface area contributed by atoms with Gasteiger partial charge >= 0.3 is 0 Å². The Bertz CT molecular complexity index is 787. The van der Waals surface area contributed by atoms with Gasteiger partial charge in [-0.05, 0) is 29.8 Å². The number of benzene rings is 3. The summed E-state index contributed by atoms with van der Waals surface area (Å²) in [7, 11) is 0. The molecule has 0 amide bonds. The first-order valence-corrected chi connectivity index (χ1v) is 7.79. The zero-order valence-corrected chi connectivity index (χ0v) is 13.2. The lowest BCUT2D eigenvalue weighted by Gasteiger charge is -2.20. The van der Waals surface area contributed by atoms with Gasteiger partial charge in [-0.3, -0.25) is 4.79 Å². The molecule has 0 saturated carbocycles. The molecule has 114 valence electrons. The van der Waals surface area contributed by atoms with Gasteiger partial charge in [-0.25, -0.2) is 0 Å². The molecule has 3 aromatic carbocycles. The summed E-state index contributed by atoms with van der Waals surface area (Å²) in [6, 6.07) is 26.0. The van der Waals surface area contributed by atoms with Crippen molar-refractivity contribution in [1.29, 1.82) is 0 Å². The van der Waals surface area contributed by atoms with Crippen molar-refractivity contribution < 1.29 is 4.79 Å². The Kier molecular flexibility index (Phi) is 4.74. The predicted octanol–water partition coefficient (Wildman–Crippen LogP) is 5.38. The highest BCUT2D eigenvalue weighted by molar-refractivity contribution is 6.34. The van der Waals surface area contributed by atoms with Crippen LogP contribution in [0.2, 0.25) is 5.02 Å². The van der Waals surface area contributed by atoms with E-state index in [1.807, 2.05) is 72.8 Å². The molecule has 0 heterocycles. The van der Waals surface area contributed by atoms with Crippen LogP contribution in [0, 0.1) is 0 Å². The summed E-state index contributed by atoms with van der Waals surface area (Å²) in [5.74, 6) is -0.0503. The molecule has 0 fully saturated rings. The molecule has 0 spiro atoms. The summed E-state index contributed by atoms with van der Waals surface area (Å²) in [5.41, 5.74) is 2.31. The van der Waals surface area contributed by atoms with Gasteiger partial charge in [0.2, 0.25) is 0 Å². The fourth-order valence-electron chi connectivity index (χ4n) is 2.46. The van der Waals surface area contributed by atoms with Crippen molar-refractivity contribution in [2.24, 2.45) is 0 Å². The van der Waals surface area contributed by atoms with E-state index in [1.54, 1.807) is 12.1 Å². The van der Waals surface area contributed by atoms with Gasteiger partial charge in [0, 0.05) is 11.3 Å². The smallest absolute Gasteiger partial charge is 0.191 e. The van der Waals surface area contributed by atoms with Gasteiger partial charge < -0.3 is 5.32 Å². The van der Waals surface area contributed by atoms with Crippen molar-refractivity contribution in [3.8, 4) is 0 Å². The van der Waals surface area contributed by atoms with Crippen molar-refractivity contribution in [1.82, 2.24) is 0 Å². The molecular formula is C20H16ClNO. The van der Waals surface area contributed by atoms with Crippen LogP contribution >= 0.6 is 11.6 Å². The number of ketones is 1. The molecule has 0 radical (unpaired) electrons. The summed E-state index contributed by atoms with van der Waals surface area (Å²) in [6.45, 7) is 0. The maximum atomic E-state index is 13.0. The molecule has 3 heteroatoms. The summed E-state index contributed by atoms with van der Waals surface area (Å²) in [5, 5.41) is 3.78. The van der Waals surface area contributed by atoms with Gasteiger partial charge in [0.1, 0.15) is 6.04 Å². The van der Waals surface area contributed by atoms with Gasteiger partial charge in [0.05, 0.1) is 5.02 Å². The Morgan fingerprint density at radius 1 is 0.783 bits per heavy atom. The van der Waals surface area contributed by atoms with Crippen LogP contribution in [-0.2, 0) is 0 Å². The fraction of sp³-hybridized carbons (Fsp3) is 0.0500. The van der Waals surface area contributed by atoms with E-state index < -0.39 is 6.04 Å². The second-order valence-electron chi connectivity index (χ2n) is 5.20. The van der Waals surface area contributed by atoms with Crippen molar-refractivity contribution >= 4 is 23.1 Å². The highest BCUT2D eigenvalue weighted by Gasteiger charge is 2.23. The Morgan fingerprint density at radius 2 is 1.35 bits per heavy atom. The molecule has 0 saturated heterocycles. The van der Waals surface area contributed by atoms with Gasteiger partial charge in [-0.15, -0.1) is 0 Å². The first kappa shape index (κ1) is 15.3. The quantitative estimate of drug-likeness (QED) is 0.639. The van der Waals surface area contributed by atoms with E-state index >= 15 is 0 Å². The molecular weight excluding hydrogens is 306 g/mol. The lowest BCUT2D eigenvalue weighted by Crippen LogP contribution is -2.21. The number of para-hydroxylation sites is 1. The zero-order chi connectivity index (χ0) is 16.1. The average molecular weight is 322 g/mol. The van der Waals surface area contributed by atoms with Gasteiger partial charge in [-0.1, -0.05) is 72.3 Å². The maximum Gasteiger partial charge on any atom is 0.191 e. The standard InChI is InChI=1S/C20H16ClNO/c21-18-14-8-7-13-17(18)20(23)19(15-9-3-1-4-10-15)22-16-11-5-2-6-12-16/h1-14,19,22H. The van der Waals surface area contributed by atoms with Crippen LogP contribution in [0.25, 0.3) is 0 Å². The Balaban J connectivity index is 1.98. The number of anilines is 1. The van der Waals surface area contributed by atoms with E-state index in [0.717, 1.165) is 11.3 Å². The molecule has 3 rings (SSSR count). The number of hydrogen-bond acceptors (Lipinski definition) is 2. The van der Waals surface area contributed by atoms with Gasteiger partial charge in [0.25, 0.3) is 0 Å². The van der Waals surface area contributed by atoms with Crippen molar-refractivity contribution in [2.45, 2.75) is 6.04 Å². The Labute approximate surface area is 140 Å². The second-order valence-corrected chi connectivity index (χ2v) is 5.61. The van der Waals surface area contributed by atoms with E-state index in [-0.39, 0.29) is 5.78 Å². The van der Waals surface area contributed by atoms with Crippen LogP contribution < -0.4 is 5.32 Å². The van der Waals surface area contributed by atoms with E-state index in [2.05, 4.69) is 5.32 Å². The lowest BCUT2D eigenvalue weighted by atomic mass is 9.97. The number of halogens is 1. The van der Waals surface area contributed by atoms with Crippen LogP contribution in [0.1, 0.15) is 22.0 Å². The average Bonchev–Trinajstić information content (AvgIpc) is 2.61. The molecule has 1 N–H and O–H groups in total. The number of nitrogens with one attached hydrogen (secondary N) is 1. The molecule has 1 atom stereocenters. The predicted molar refractivity (Wildman–Crippen MR) is 95.0 cm³/mol. The molecule has 0 bridgehead atoms. The Hall–Kier alpha value is -2.58. The third-order valence-electron chi connectivity index (χ3n) is 3.62. The molecule has 0 aliphatic carbocycles. The third kappa shape index (κ3) is 3.61. The number of carbonyl (C=O) groups excluding carboxylic acids is 1. The minimum atomic E-state index is -0.488. The monoisotopic (exact) mass is 321 g/mol. The minimum Gasteiger partial charge on any atom is -0.371 e. The van der Waals surface area contributed by atoms with Crippen LogP contribution in [0.5, 0.6) is 0 Å². The van der Waals surface area contributed by atoms with Crippen molar-refractivity contribution in [2.75, 3.05) is 5.32 Å². The van der Waals surface area contributed by atoms with Gasteiger partial charge in [-0.2, -0.15) is 0 Å². The molecule has 0 aliphatic rings. The summed E-state index contributed by atoms with van der Waals surface area (Å²) < 4.78 is 0. The van der Waals surface area contributed by atoms with Crippen molar-refractivity contribution in [3.63, 3.8) is 0 Å². The van der Waals surface area contributed by atoms with E-state index in [9.17, 15) is 4.79 Å². The lowest BCUT2D eigenvalue weighted by molar-refractivity contribution is 0.0969. The second kappa shape index (κ2) is 7.12. The summed E-state index contributed by atoms with van der Waals surface area (Å²) >= 11 is 6.21. The minimum absolute atomic E-state index is 0.0503. The van der Waals surface area contributed by atoms with Crippen LogP contribution in [0.4, 0.5) is 5.69 Å². The first-order chi connectivity index (χ1) is 11.3. The number of hydrogen-bond donors (Lipinski definition) is 1. The number of Topliss-reactive ketones (excluding diaryl/α,β-unsaturated/α-hetero) is 1. The summed E-state index contributed by atoms with van der Waals surface area (Å²) in [6.07, 6.45) is 0. The molecule has 0 aromatic heterocycles. The van der Waals surface area contributed by atoms with Gasteiger partial charge in [0.15, 0.2) is 5.78 Å². The van der Waals surface area contributed by atoms with Crippen LogP contribution in [0.15, 0.2) is 84.9 Å². The number of rotatable bonds is 5. The molecule has 3 aromatic rings. The third-order valence-corrected chi connectivity index (χ3v) is 3.95. The number of carbonyl (C=O) groups is 1. The highest BCUT2D eigenvalue weighted by Crippen LogP contribution is 2.26. The molecule has 2 nitrogen and oxygen atoms in total. The van der Waals surface area contributed by atoms with Crippen LogP contribution in [-0.4, -0.2) is 5.78 Å². The maximum absolute atomic E-state index is 13.0. The van der Waals surface area contributed by atoms with E-state index in [4.69, 9.17) is 11.6 Å². The van der Waals surface area contributed by atoms with E-state index in [1.165, 1.54) is 0 Å².